The van der Waals surface area contributed by atoms with E-state index >= 15 is 0 Å². The van der Waals surface area contributed by atoms with Crippen molar-refractivity contribution in [2.75, 3.05) is 26.7 Å². The summed E-state index contributed by atoms with van der Waals surface area (Å²) < 4.78 is 5.37. The molecule has 0 aliphatic carbocycles. The fourth-order valence-electron chi connectivity index (χ4n) is 1.20. The van der Waals surface area contributed by atoms with Crippen molar-refractivity contribution in [3.63, 3.8) is 0 Å². The molecule has 1 rings (SSSR count). The van der Waals surface area contributed by atoms with Gasteiger partial charge >= 0.3 is 0 Å². The molecule has 0 fully saturated rings. The summed E-state index contributed by atoms with van der Waals surface area (Å²) in [6, 6.07) is 8.15. The molecule has 3 nitrogen and oxygen atoms in total. The van der Waals surface area contributed by atoms with Crippen molar-refractivity contribution in [2.45, 2.75) is 6.42 Å². The third-order valence-corrected chi connectivity index (χ3v) is 1.97. The molecule has 0 saturated heterocycles. The van der Waals surface area contributed by atoms with Gasteiger partial charge in [0.15, 0.2) is 0 Å². The van der Waals surface area contributed by atoms with E-state index in [0.29, 0.717) is 13.2 Å². The lowest BCUT2D eigenvalue weighted by atomic mass is 10.1. The Hall–Kier alpha value is -1.06. The first kappa shape index (κ1) is 11.0. The monoisotopic (exact) mass is 194 g/mol. The minimum Gasteiger partial charge on any atom is -0.492 e. The van der Waals surface area contributed by atoms with Crippen molar-refractivity contribution >= 4 is 0 Å². The van der Waals surface area contributed by atoms with Crippen LogP contribution in [0.1, 0.15) is 5.56 Å². The summed E-state index contributed by atoms with van der Waals surface area (Å²) in [6.45, 7) is 2.14. The highest BCUT2D eigenvalue weighted by Gasteiger charge is 1.94. The Kier molecular flexibility index (Phi) is 5.04. The first-order chi connectivity index (χ1) is 6.86. The van der Waals surface area contributed by atoms with Crippen LogP contribution >= 0.6 is 0 Å². The molecule has 3 heteroatoms. The summed E-state index contributed by atoms with van der Waals surface area (Å²) in [5.74, 6) is 0.892. The summed E-state index contributed by atoms with van der Waals surface area (Å²) in [4.78, 5) is 0. The lowest BCUT2D eigenvalue weighted by molar-refractivity contribution is 0.328. The number of nitrogens with two attached hydrogens (primary N) is 1. The van der Waals surface area contributed by atoms with Crippen LogP contribution in [0.3, 0.4) is 0 Å². The molecular formula is C11H18N2O. The highest BCUT2D eigenvalue weighted by Crippen LogP contribution is 2.11. The average molecular weight is 194 g/mol. The van der Waals surface area contributed by atoms with Crippen LogP contribution in [0.2, 0.25) is 0 Å². The molecule has 0 saturated carbocycles. The summed E-state index contributed by atoms with van der Waals surface area (Å²) in [6.07, 6.45) is 1.05. The molecule has 0 radical (unpaired) electrons. The number of nitrogens with one attached hydrogen (secondary N) is 1. The van der Waals surface area contributed by atoms with E-state index in [9.17, 15) is 0 Å². The summed E-state index contributed by atoms with van der Waals surface area (Å²) in [5, 5.41) is 3.12. The van der Waals surface area contributed by atoms with Crippen molar-refractivity contribution in [2.24, 2.45) is 5.73 Å². The molecule has 0 atom stereocenters. The van der Waals surface area contributed by atoms with Gasteiger partial charge in [0.25, 0.3) is 0 Å². The van der Waals surface area contributed by atoms with Crippen molar-refractivity contribution in [3.05, 3.63) is 29.8 Å². The standard InChI is InChI=1S/C11H18N2O/c1-13-8-6-10-2-4-11(5-3-10)14-9-7-12/h2-5,13H,6-9,12H2,1H3. The maximum absolute atomic E-state index is 5.37. The van der Waals surface area contributed by atoms with Gasteiger partial charge < -0.3 is 15.8 Å². The van der Waals surface area contributed by atoms with Gasteiger partial charge in [0.2, 0.25) is 0 Å². The van der Waals surface area contributed by atoms with E-state index in [2.05, 4.69) is 17.4 Å². The maximum atomic E-state index is 5.37. The van der Waals surface area contributed by atoms with Crippen LogP contribution in [0.15, 0.2) is 24.3 Å². The predicted molar refractivity (Wildman–Crippen MR) is 58.6 cm³/mol. The van der Waals surface area contributed by atoms with Gasteiger partial charge in [-0.1, -0.05) is 12.1 Å². The Morgan fingerprint density at radius 3 is 2.57 bits per heavy atom. The Morgan fingerprint density at radius 2 is 2.00 bits per heavy atom. The van der Waals surface area contributed by atoms with Gasteiger partial charge in [0.05, 0.1) is 0 Å². The zero-order chi connectivity index (χ0) is 10.2. The number of hydrogen-bond acceptors (Lipinski definition) is 3. The Bertz CT molecular complexity index is 219. The molecule has 1 aromatic carbocycles. The molecule has 0 aromatic heterocycles. The summed E-state index contributed by atoms with van der Waals surface area (Å²) >= 11 is 0. The molecule has 14 heavy (non-hydrogen) atoms. The molecule has 0 heterocycles. The minimum absolute atomic E-state index is 0.557. The molecule has 0 bridgehead atoms. The Balaban J connectivity index is 2.42. The second kappa shape index (κ2) is 6.40. The first-order valence-corrected chi connectivity index (χ1v) is 4.93. The van der Waals surface area contributed by atoms with E-state index in [0.717, 1.165) is 18.7 Å². The number of hydrogen-bond donors (Lipinski definition) is 2. The molecule has 0 aliphatic heterocycles. The highest BCUT2D eigenvalue weighted by atomic mass is 16.5. The summed E-state index contributed by atoms with van der Waals surface area (Å²) in [7, 11) is 1.96. The van der Waals surface area contributed by atoms with E-state index in [1.165, 1.54) is 5.56 Å². The molecule has 3 N–H and O–H groups in total. The van der Waals surface area contributed by atoms with Crippen molar-refractivity contribution in [1.29, 1.82) is 0 Å². The number of rotatable bonds is 6. The molecule has 0 unspecified atom stereocenters. The van der Waals surface area contributed by atoms with Crippen LogP contribution in [0, 0.1) is 0 Å². The molecule has 0 spiro atoms. The summed E-state index contributed by atoms with van der Waals surface area (Å²) in [5.41, 5.74) is 6.66. The largest absolute Gasteiger partial charge is 0.492 e. The third-order valence-electron chi connectivity index (χ3n) is 1.97. The Labute approximate surface area is 85.3 Å². The first-order valence-electron chi connectivity index (χ1n) is 4.93. The Morgan fingerprint density at radius 1 is 1.29 bits per heavy atom. The SMILES string of the molecule is CNCCc1ccc(OCCN)cc1. The molecule has 78 valence electrons. The number of benzene rings is 1. The average Bonchev–Trinajstić information content (AvgIpc) is 2.25. The van der Waals surface area contributed by atoms with Gasteiger partial charge in [0.1, 0.15) is 12.4 Å². The number of likely N-dealkylation sites (N-methyl/N-ethyl adjacent to an activating group) is 1. The van der Waals surface area contributed by atoms with Crippen LogP contribution < -0.4 is 15.8 Å². The van der Waals surface area contributed by atoms with Gasteiger partial charge in [0, 0.05) is 6.54 Å². The second-order valence-electron chi connectivity index (χ2n) is 3.13. The van der Waals surface area contributed by atoms with E-state index < -0.39 is 0 Å². The van der Waals surface area contributed by atoms with Gasteiger partial charge in [-0.2, -0.15) is 0 Å². The molecule has 1 aromatic rings. The number of ether oxygens (including phenoxy) is 1. The van der Waals surface area contributed by atoms with Crippen LogP contribution in [0.25, 0.3) is 0 Å². The minimum atomic E-state index is 0.557. The van der Waals surface area contributed by atoms with E-state index in [-0.39, 0.29) is 0 Å². The van der Waals surface area contributed by atoms with E-state index in [1.54, 1.807) is 0 Å². The van der Waals surface area contributed by atoms with Gasteiger partial charge in [-0.3, -0.25) is 0 Å². The van der Waals surface area contributed by atoms with Gasteiger partial charge in [-0.05, 0) is 37.7 Å². The zero-order valence-corrected chi connectivity index (χ0v) is 8.62. The van der Waals surface area contributed by atoms with Crippen molar-refractivity contribution in [1.82, 2.24) is 5.32 Å². The van der Waals surface area contributed by atoms with E-state index in [1.807, 2.05) is 19.2 Å². The van der Waals surface area contributed by atoms with Crippen molar-refractivity contribution < 1.29 is 4.74 Å². The molecule has 0 aliphatic rings. The van der Waals surface area contributed by atoms with Crippen LogP contribution in [-0.2, 0) is 6.42 Å². The van der Waals surface area contributed by atoms with Crippen molar-refractivity contribution in [3.8, 4) is 5.75 Å². The van der Waals surface area contributed by atoms with Gasteiger partial charge in [-0.25, -0.2) is 0 Å². The van der Waals surface area contributed by atoms with Crippen LogP contribution in [-0.4, -0.2) is 26.7 Å². The fraction of sp³-hybridized carbons (Fsp3) is 0.455. The smallest absolute Gasteiger partial charge is 0.119 e. The predicted octanol–water partition coefficient (Wildman–Crippen LogP) is 0.786. The quantitative estimate of drug-likeness (QED) is 0.703. The maximum Gasteiger partial charge on any atom is 0.119 e. The van der Waals surface area contributed by atoms with Gasteiger partial charge in [-0.15, -0.1) is 0 Å². The lowest BCUT2D eigenvalue weighted by Gasteiger charge is -2.05. The van der Waals surface area contributed by atoms with Crippen LogP contribution in [0.4, 0.5) is 0 Å². The topological polar surface area (TPSA) is 47.3 Å². The normalized spacial score (nSPS) is 10.1. The third kappa shape index (κ3) is 3.77. The molecular weight excluding hydrogens is 176 g/mol. The fourth-order valence-corrected chi connectivity index (χ4v) is 1.20. The van der Waals surface area contributed by atoms with E-state index in [4.69, 9.17) is 10.5 Å². The molecule has 0 amide bonds. The second-order valence-corrected chi connectivity index (χ2v) is 3.13. The zero-order valence-electron chi connectivity index (χ0n) is 8.62. The lowest BCUT2D eigenvalue weighted by Crippen LogP contribution is -2.11. The van der Waals surface area contributed by atoms with Crippen LogP contribution in [0.5, 0.6) is 5.75 Å². The highest BCUT2D eigenvalue weighted by molar-refractivity contribution is 5.27.